The van der Waals surface area contributed by atoms with Gasteiger partial charge in [0.1, 0.15) is 0 Å². The number of hydrogen-bond acceptors (Lipinski definition) is 4. The first-order valence-corrected chi connectivity index (χ1v) is 8.50. The molecule has 150 valence electrons. The second-order valence-electron chi connectivity index (χ2n) is 5.92. The number of nitrogens with one attached hydrogen (secondary N) is 1. The molecule has 0 spiro atoms. The molecule has 0 atom stereocenters. The fourth-order valence-corrected chi connectivity index (χ4v) is 2.97. The number of carbonyl (C=O) groups is 2. The minimum Gasteiger partial charge on any atom is -0.494 e. The van der Waals surface area contributed by atoms with Gasteiger partial charge >= 0.3 is 5.97 Å². The maximum Gasteiger partial charge on any atom is 0.337 e. The van der Waals surface area contributed by atoms with E-state index in [4.69, 9.17) is 21.4 Å². The lowest BCUT2D eigenvalue weighted by atomic mass is 10.1. The maximum absolute atomic E-state index is 14.4. The van der Waals surface area contributed by atoms with Crippen LogP contribution in [0.25, 0.3) is 11.3 Å². The summed E-state index contributed by atoms with van der Waals surface area (Å²) in [4.78, 5) is 27.5. The summed E-state index contributed by atoms with van der Waals surface area (Å²) in [5, 5.41) is 11.5. The van der Waals surface area contributed by atoms with Gasteiger partial charge in [-0.1, -0.05) is 11.6 Å². The Balaban J connectivity index is 1.90. The summed E-state index contributed by atoms with van der Waals surface area (Å²) in [6.07, 6.45) is 1.24. The van der Waals surface area contributed by atoms with Crippen LogP contribution in [0.15, 0.2) is 36.5 Å². The van der Waals surface area contributed by atoms with Gasteiger partial charge in [-0.25, -0.2) is 14.2 Å². The predicted octanol–water partition coefficient (Wildman–Crippen LogP) is 3.98. The Morgan fingerprint density at radius 1 is 1.21 bits per heavy atom. The summed E-state index contributed by atoms with van der Waals surface area (Å²) in [5.74, 6) is -4.44. The highest BCUT2D eigenvalue weighted by Gasteiger charge is 2.21. The first kappa shape index (κ1) is 20.3. The third-order valence-corrected chi connectivity index (χ3v) is 4.50. The molecule has 29 heavy (non-hydrogen) atoms. The molecular weight excluding hydrogens is 408 g/mol. The number of methoxy groups -OCH3 is 1. The molecule has 0 saturated heterocycles. The number of rotatable bonds is 5. The van der Waals surface area contributed by atoms with Gasteiger partial charge in [0.15, 0.2) is 17.4 Å². The van der Waals surface area contributed by atoms with Gasteiger partial charge in [-0.05, 0) is 30.3 Å². The van der Waals surface area contributed by atoms with E-state index >= 15 is 0 Å². The lowest BCUT2D eigenvalue weighted by Crippen LogP contribution is -2.17. The van der Waals surface area contributed by atoms with E-state index in [2.05, 4.69) is 10.3 Å². The van der Waals surface area contributed by atoms with Crippen LogP contribution in [0, 0.1) is 11.6 Å². The van der Waals surface area contributed by atoms with Crippen molar-refractivity contribution in [1.82, 2.24) is 9.55 Å². The zero-order chi connectivity index (χ0) is 21.3. The van der Waals surface area contributed by atoms with E-state index in [-0.39, 0.29) is 39.1 Å². The van der Waals surface area contributed by atoms with Crippen molar-refractivity contribution in [1.29, 1.82) is 0 Å². The Kier molecular flexibility index (Phi) is 5.51. The van der Waals surface area contributed by atoms with Crippen LogP contribution in [0.5, 0.6) is 5.75 Å². The Bertz CT molecular complexity index is 1130. The first-order valence-electron chi connectivity index (χ1n) is 8.12. The largest absolute Gasteiger partial charge is 0.494 e. The van der Waals surface area contributed by atoms with Crippen LogP contribution in [0.4, 0.5) is 14.5 Å². The first-order chi connectivity index (χ1) is 13.7. The number of halogens is 3. The number of nitrogens with zero attached hydrogens (tertiary/aromatic N) is 2. The number of imidazole rings is 1. The van der Waals surface area contributed by atoms with Crippen LogP contribution in [0.1, 0.15) is 21.0 Å². The van der Waals surface area contributed by atoms with Crippen molar-refractivity contribution in [2.24, 2.45) is 7.05 Å². The monoisotopic (exact) mass is 421 g/mol. The number of aromatic nitrogens is 2. The topological polar surface area (TPSA) is 93.4 Å². The lowest BCUT2D eigenvalue weighted by molar-refractivity contribution is 0.0697. The Labute approximate surface area is 168 Å². The molecule has 0 bridgehead atoms. The molecule has 3 rings (SSSR count). The molecule has 1 aromatic heterocycles. The van der Waals surface area contributed by atoms with Gasteiger partial charge in [-0.2, -0.15) is 4.39 Å². The summed E-state index contributed by atoms with van der Waals surface area (Å²) in [7, 11) is 2.69. The van der Waals surface area contributed by atoms with Gasteiger partial charge in [0, 0.05) is 18.3 Å². The number of benzene rings is 2. The number of anilines is 1. The molecule has 2 aromatic carbocycles. The molecule has 0 aliphatic carbocycles. The van der Waals surface area contributed by atoms with Gasteiger partial charge < -0.3 is 19.7 Å². The van der Waals surface area contributed by atoms with Crippen molar-refractivity contribution >= 4 is 29.2 Å². The van der Waals surface area contributed by atoms with Crippen molar-refractivity contribution in [3.05, 3.63) is 64.6 Å². The van der Waals surface area contributed by atoms with Gasteiger partial charge in [0.25, 0.3) is 5.91 Å². The fourth-order valence-electron chi connectivity index (χ4n) is 2.71. The fraction of sp³-hybridized carbons (Fsp3) is 0.105. The molecule has 3 aromatic rings. The molecule has 0 fully saturated rings. The normalized spacial score (nSPS) is 10.7. The van der Waals surface area contributed by atoms with E-state index in [0.717, 1.165) is 0 Å². The summed E-state index contributed by atoms with van der Waals surface area (Å²) >= 11 is 5.89. The molecule has 2 N–H and O–H groups in total. The standard InChI is InChI=1S/C19H14ClF2N3O4/c1-25-13(11-5-6-14(29-2)16(22)15(11)21)8-23-17(25)18(26)24-9-3-4-10(19(27)28)12(20)7-9/h3-8H,1-2H3,(H,24,26)(H,27,28). The van der Waals surface area contributed by atoms with E-state index in [1.807, 2.05) is 0 Å². The molecule has 7 nitrogen and oxygen atoms in total. The minimum absolute atomic E-state index is 0.0494. The van der Waals surface area contributed by atoms with E-state index in [1.54, 1.807) is 0 Å². The van der Waals surface area contributed by atoms with Crippen molar-refractivity contribution in [2.45, 2.75) is 0 Å². The summed E-state index contributed by atoms with van der Waals surface area (Å²) in [6.45, 7) is 0. The molecule has 0 aliphatic rings. The zero-order valence-electron chi connectivity index (χ0n) is 15.2. The Hall–Kier alpha value is -3.46. The second kappa shape index (κ2) is 7.88. The molecule has 0 aliphatic heterocycles. The van der Waals surface area contributed by atoms with Crippen molar-refractivity contribution < 1.29 is 28.2 Å². The number of aromatic carboxylic acids is 1. The molecule has 1 amide bonds. The summed E-state index contributed by atoms with van der Waals surface area (Å²) in [6, 6.07) is 6.49. The van der Waals surface area contributed by atoms with Gasteiger partial charge in [0.05, 0.1) is 29.6 Å². The summed E-state index contributed by atoms with van der Waals surface area (Å²) in [5.41, 5.74) is 0.219. The van der Waals surface area contributed by atoms with E-state index in [1.165, 1.54) is 55.3 Å². The van der Waals surface area contributed by atoms with Crippen molar-refractivity contribution in [3.8, 4) is 17.0 Å². The van der Waals surface area contributed by atoms with Crippen LogP contribution in [-0.4, -0.2) is 33.6 Å². The molecule has 0 radical (unpaired) electrons. The average Bonchev–Trinajstić information content (AvgIpc) is 3.05. The highest BCUT2D eigenvalue weighted by Crippen LogP contribution is 2.30. The van der Waals surface area contributed by atoms with Crippen LogP contribution < -0.4 is 10.1 Å². The molecule has 1 heterocycles. The highest BCUT2D eigenvalue weighted by molar-refractivity contribution is 6.33. The van der Waals surface area contributed by atoms with Crippen molar-refractivity contribution in [2.75, 3.05) is 12.4 Å². The van der Waals surface area contributed by atoms with Gasteiger partial charge in [-0.15, -0.1) is 0 Å². The summed E-state index contributed by atoms with van der Waals surface area (Å²) < 4.78 is 34.4. The van der Waals surface area contributed by atoms with Crippen LogP contribution in [0.2, 0.25) is 5.02 Å². The van der Waals surface area contributed by atoms with E-state index in [9.17, 15) is 18.4 Å². The van der Waals surface area contributed by atoms with Gasteiger partial charge in [-0.3, -0.25) is 4.79 Å². The quantitative estimate of drug-likeness (QED) is 0.650. The minimum atomic E-state index is -1.20. The molecule has 0 saturated carbocycles. The highest BCUT2D eigenvalue weighted by atomic mass is 35.5. The Morgan fingerprint density at radius 3 is 2.55 bits per heavy atom. The average molecular weight is 422 g/mol. The molecule has 10 heteroatoms. The molecule has 0 unspecified atom stereocenters. The number of carbonyl (C=O) groups excluding carboxylic acids is 1. The van der Waals surface area contributed by atoms with Gasteiger partial charge in [0.2, 0.25) is 5.82 Å². The van der Waals surface area contributed by atoms with Crippen molar-refractivity contribution in [3.63, 3.8) is 0 Å². The van der Waals surface area contributed by atoms with Crippen LogP contribution in [-0.2, 0) is 7.05 Å². The number of amides is 1. The number of hydrogen-bond donors (Lipinski definition) is 2. The number of ether oxygens (including phenoxy) is 1. The number of carboxylic acids is 1. The predicted molar refractivity (Wildman–Crippen MR) is 101 cm³/mol. The second-order valence-corrected chi connectivity index (χ2v) is 6.33. The van der Waals surface area contributed by atoms with Crippen LogP contribution in [0.3, 0.4) is 0 Å². The maximum atomic E-state index is 14.4. The smallest absolute Gasteiger partial charge is 0.337 e. The zero-order valence-corrected chi connectivity index (χ0v) is 15.9. The third kappa shape index (κ3) is 3.77. The van der Waals surface area contributed by atoms with E-state index < -0.39 is 23.5 Å². The SMILES string of the molecule is COc1ccc(-c2cnc(C(=O)Nc3ccc(C(=O)O)c(Cl)c3)n2C)c(F)c1F. The molecular formula is C19H14ClF2N3O4. The number of carboxylic acid groups (broad SMARTS) is 1. The van der Waals surface area contributed by atoms with Crippen LogP contribution >= 0.6 is 11.6 Å². The lowest BCUT2D eigenvalue weighted by Gasteiger charge is -2.10. The Morgan fingerprint density at radius 2 is 1.93 bits per heavy atom. The third-order valence-electron chi connectivity index (χ3n) is 4.19. The van der Waals surface area contributed by atoms with E-state index in [0.29, 0.717) is 0 Å².